The van der Waals surface area contributed by atoms with Gasteiger partial charge in [0.2, 0.25) is 0 Å². The number of nitrogens with zero attached hydrogens (tertiary/aromatic N) is 6. The van der Waals surface area contributed by atoms with E-state index in [2.05, 4.69) is 9.80 Å². The first-order valence-electron chi connectivity index (χ1n) is 23.3. The molecule has 1 amide bonds. The summed E-state index contributed by atoms with van der Waals surface area (Å²) < 4.78 is 62.0. The number of benzene rings is 2. The third-order valence-corrected chi connectivity index (χ3v) is 14.5. The fourth-order valence-electron chi connectivity index (χ4n) is 10.9. The largest absolute Gasteiger partial charge is 0.480 e. The number of halogens is 2. The Kier molecular flexibility index (Phi) is 12.6. The van der Waals surface area contributed by atoms with Crippen LogP contribution in [-0.2, 0) is 25.4 Å². The number of aromatic nitrogens is 3. The number of piperidine rings is 1. The topological polar surface area (TPSA) is 149 Å². The molecule has 9 rings (SSSR count). The number of ether oxygens (including phenoxy) is 5. The number of hydrogen-bond donors (Lipinski definition) is 1. The predicted molar refractivity (Wildman–Crippen MR) is 240 cm³/mol. The van der Waals surface area contributed by atoms with Crippen molar-refractivity contribution in [3.63, 3.8) is 0 Å². The number of methoxy groups -OCH3 is 1. The summed E-state index contributed by atoms with van der Waals surface area (Å²) in [7, 11) is 1.52. The van der Waals surface area contributed by atoms with Gasteiger partial charge in [-0.2, -0.15) is 9.97 Å². The van der Waals surface area contributed by atoms with Crippen molar-refractivity contribution in [3.05, 3.63) is 47.7 Å². The van der Waals surface area contributed by atoms with Gasteiger partial charge in [0.25, 0.3) is 0 Å². The summed E-state index contributed by atoms with van der Waals surface area (Å²) in [6.07, 6.45) is 11.4. The lowest BCUT2D eigenvalue weighted by Crippen LogP contribution is -2.57. The van der Waals surface area contributed by atoms with Crippen LogP contribution in [-0.4, -0.2) is 126 Å². The number of carbonyl (C=O) groups is 2. The van der Waals surface area contributed by atoms with Crippen LogP contribution in [0.2, 0.25) is 0 Å². The quantitative estimate of drug-likeness (QED) is 0.121. The number of fused-ring (bicyclic) bond motifs is 4. The van der Waals surface area contributed by atoms with Crippen LogP contribution in [0.5, 0.6) is 11.8 Å². The smallest absolute Gasteiger partial charge is 0.410 e. The lowest BCUT2D eigenvalue weighted by molar-refractivity contribution is -0.145. The Labute approximate surface area is 378 Å². The second-order valence-corrected chi connectivity index (χ2v) is 20.2. The fraction of sp³-hybridized carbons (Fsp3) is 0.612. The summed E-state index contributed by atoms with van der Waals surface area (Å²) in [5.41, 5.74) is 0.426. The number of carboxylic acid groups (broad SMARTS) is 1. The van der Waals surface area contributed by atoms with E-state index in [9.17, 15) is 9.59 Å². The molecule has 5 aliphatic rings. The van der Waals surface area contributed by atoms with E-state index in [1.807, 2.05) is 32.6 Å². The zero-order chi connectivity index (χ0) is 45.7. The Morgan fingerprint density at radius 2 is 1.66 bits per heavy atom. The number of likely N-dealkylation sites (tertiary alicyclic amines) is 1. The van der Waals surface area contributed by atoms with Gasteiger partial charge in [0.15, 0.2) is 12.6 Å². The third kappa shape index (κ3) is 9.53. The molecule has 2 aromatic carbocycles. The monoisotopic (exact) mass is 900 g/mol. The minimum Gasteiger partial charge on any atom is -0.480 e. The molecule has 1 N–H and O–H groups in total. The maximum Gasteiger partial charge on any atom is 0.410 e. The minimum atomic E-state index is -0.922. The number of aryl methyl sites for hydroxylation is 1. The second kappa shape index (κ2) is 18.0. The van der Waals surface area contributed by atoms with Crippen molar-refractivity contribution in [1.82, 2.24) is 24.8 Å². The molecular weight excluding hydrogens is 839 g/mol. The van der Waals surface area contributed by atoms with E-state index < -0.39 is 23.2 Å². The van der Waals surface area contributed by atoms with Crippen molar-refractivity contribution in [2.24, 2.45) is 10.8 Å². The zero-order valence-corrected chi connectivity index (χ0v) is 38.3. The van der Waals surface area contributed by atoms with Crippen molar-refractivity contribution in [1.29, 1.82) is 0 Å². The Morgan fingerprint density at radius 3 is 2.31 bits per heavy atom. The number of carbonyl (C=O) groups excluding carboxylic acids is 1. The first-order valence-corrected chi connectivity index (χ1v) is 23.3. The Balaban J connectivity index is 1.00. The zero-order valence-electron chi connectivity index (χ0n) is 38.3. The van der Waals surface area contributed by atoms with E-state index in [1.165, 1.54) is 13.2 Å². The van der Waals surface area contributed by atoms with Gasteiger partial charge in [0, 0.05) is 43.9 Å². The van der Waals surface area contributed by atoms with Crippen LogP contribution in [0.15, 0.2) is 30.5 Å². The number of piperazine rings is 1. The summed E-state index contributed by atoms with van der Waals surface area (Å²) in [6, 6.07) is 6.35. The highest BCUT2D eigenvalue weighted by molar-refractivity contribution is 6.02. The van der Waals surface area contributed by atoms with Crippen molar-refractivity contribution in [2.45, 2.75) is 122 Å². The minimum absolute atomic E-state index is 0.00103. The predicted octanol–water partition coefficient (Wildman–Crippen LogP) is 8.54. The molecule has 2 bridgehead atoms. The molecule has 5 fully saturated rings. The van der Waals surface area contributed by atoms with Gasteiger partial charge in [-0.15, -0.1) is 0 Å². The summed E-state index contributed by atoms with van der Waals surface area (Å²) in [4.78, 5) is 45.5. The molecule has 2 unspecified atom stereocenters. The van der Waals surface area contributed by atoms with Gasteiger partial charge in [-0.3, -0.25) is 9.88 Å². The first kappa shape index (κ1) is 45.2. The molecule has 3 saturated heterocycles. The Bertz CT molecular complexity index is 2410. The van der Waals surface area contributed by atoms with E-state index in [0.717, 1.165) is 83.8 Å². The van der Waals surface area contributed by atoms with Crippen molar-refractivity contribution >= 4 is 39.6 Å². The molecule has 2 atom stereocenters. The molecule has 14 nitrogen and oxygen atoms in total. The molecule has 3 aliphatic heterocycles. The number of anilines is 1. The van der Waals surface area contributed by atoms with Crippen LogP contribution in [0, 0.1) is 22.5 Å². The summed E-state index contributed by atoms with van der Waals surface area (Å²) in [5.74, 6) is -1.09. The number of amides is 1. The lowest BCUT2D eigenvalue weighted by Gasteiger charge is -2.46. The highest BCUT2D eigenvalue weighted by Gasteiger charge is 2.48. The Morgan fingerprint density at radius 1 is 0.938 bits per heavy atom. The molecule has 2 saturated carbocycles. The molecule has 1 spiro atoms. The lowest BCUT2D eigenvalue weighted by atomic mass is 9.67. The van der Waals surface area contributed by atoms with Crippen LogP contribution in [0.4, 0.5) is 19.4 Å². The SMILES string of the molecule is CCc1c(F)ccc2cc(OCOC)cc(-c3ncc4c(N5CC6CCC(C5)N6C(=O)OC(C)(C)C)nc(OCC5(CN6CCC7(CCC(OCC(=O)O)CC7)CC6)CC5)nc4c3F)c12. The van der Waals surface area contributed by atoms with Gasteiger partial charge in [0.05, 0.1) is 30.2 Å². The Hall–Kier alpha value is -4.93. The van der Waals surface area contributed by atoms with E-state index in [4.69, 9.17) is 43.7 Å². The number of carboxylic acids is 1. The van der Waals surface area contributed by atoms with Gasteiger partial charge >= 0.3 is 18.1 Å². The van der Waals surface area contributed by atoms with Gasteiger partial charge in [-0.05, 0) is 144 Å². The molecule has 0 radical (unpaired) electrons. The fourth-order valence-corrected chi connectivity index (χ4v) is 10.9. The van der Waals surface area contributed by atoms with Crippen LogP contribution < -0.4 is 14.4 Å². The maximum absolute atomic E-state index is 17.6. The maximum atomic E-state index is 17.6. The van der Waals surface area contributed by atoms with E-state index in [1.54, 1.807) is 24.4 Å². The summed E-state index contributed by atoms with van der Waals surface area (Å²) >= 11 is 0. The van der Waals surface area contributed by atoms with E-state index in [0.29, 0.717) is 65.0 Å². The number of hydrogen-bond acceptors (Lipinski definition) is 12. The first-order chi connectivity index (χ1) is 31.2. The second-order valence-electron chi connectivity index (χ2n) is 20.2. The van der Waals surface area contributed by atoms with Crippen LogP contribution in [0.25, 0.3) is 32.9 Å². The van der Waals surface area contributed by atoms with Gasteiger partial charge in [-0.25, -0.2) is 18.4 Å². The van der Waals surface area contributed by atoms with Crippen molar-refractivity contribution < 1.29 is 47.2 Å². The van der Waals surface area contributed by atoms with Crippen molar-refractivity contribution in [3.8, 4) is 23.0 Å². The normalized spacial score (nSPS) is 21.9. The van der Waals surface area contributed by atoms with E-state index >= 15 is 8.78 Å². The molecule has 4 aromatic rings. The number of rotatable bonds is 14. The summed E-state index contributed by atoms with van der Waals surface area (Å²) in [6.45, 7) is 11.4. The van der Waals surface area contributed by atoms with Crippen molar-refractivity contribution in [2.75, 3.05) is 64.7 Å². The summed E-state index contributed by atoms with van der Waals surface area (Å²) in [5, 5.41) is 10.7. The third-order valence-electron chi connectivity index (χ3n) is 14.5. The highest BCUT2D eigenvalue weighted by atomic mass is 19.1. The number of aliphatic carboxylic acids is 1. The molecule has 5 heterocycles. The standard InChI is InChI=1S/C49H62F2N6O8/c1-6-35-38(50)10-7-30-21-34(64-29-61-5)22-36(40(30)35)42-41(51)43-37(23-52-42)44(56-24-31-8-9-32(25-56)57(31)46(60)65-47(2,3)4)54-45(53-43)63-28-49(15-16-49)27-55-19-17-48(18-20-55)13-11-33(12-14-48)62-26-39(58)59/h7,10,21-23,31-33H,6,8-9,11-20,24-29H2,1-5H3,(H,58,59). The molecule has 350 valence electrons. The van der Waals surface area contributed by atoms with Gasteiger partial charge in [-0.1, -0.05) is 13.0 Å². The van der Waals surface area contributed by atoms with Gasteiger partial charge < -0.3 is 38.6 Å². The van der Waals surface area contributed by atoms with Crippen LogP contribution in [0.1, 0.15) is 97.5 Å². The molecule has 2 aromatic heterocycles. The van der Waals surface area contributed by atoms with Gasteiger partial charge in [0.1, 0.15) is 40.8 Å². The average Bonchev–Trinajstić information content (AvgIpc) is 3.99. The van der Waals surface area contributed by atoms with E-state index in [-0.39, 0.29) is 65.7 Å². The highest BCUT2D eigenvalue weighted by Crippen LogP contribution is 2.50. The molecule has 2 aliphatic carbocycles. The average molecular weight is 901 g/mol. The molecule has 16 heteroatoms. The van der Waals surface area contributed by atoms with Crippen LogP contribution in [0.3, 0.4) is 0 Å². The molecule has 65 heavy (non-hydrogen) atoms. The number of pyridine rings is 1. The van der Waals surface area contributed by atoms with Crippen LogP contribution >= 0.6 is 0 Å². The molecular formula is C49H62F2N6O8.